The second-order valence-corrected chi connectivity index (χ2v) is 3.94. The van der Waals surface area contributed by atoms with Gasteiger partial charge in [0.05, 0.1) is 19.8 Å². The predicted molar refractivity (Wildman–Crippen MR) is 52.1 cm³/mol. The van der Waals surface area contributed by atoms with Crippen LogP contribution in [0.15, 0.2) is 0 Å². The molecule has 1 aromatic heterocycles. The fourth-order valence-corrected chi connectivity index (χ4v) is 1.83. The molecule has 0 amide bonds. The zero-order valence-corrected chi connectivity index (χ0v) is 8.83. The summed E-state index contributed by atoms with van der Waals surface area (Å²) >= 11 is 0. The molecule has 1 aromatic rings. The SMILES string of the molecule is Cn1nnc(CC(O)C2CCCOC2)n1. The number of aromatic nitrogens is 4. The van der Waals surface area contributed by atoms with Crippen molar-refractivity contribution >= 4 is 0 Å². The Morgan fingerprint density at radius 3 is 3.13 bits per heavy atom. The van der Waals surface area contributed by atoms with Crippen molar-refractivity contribution in [2.45, 2.75) is 25.4 Å². The van der Waals surface area contributed by atoms with Gasteiger partial charge in [0.2, 0.25) is 0 Å². The third-order valence-corrected chi connectivity index (χ3v) is 2.68. The number of rotatable bonds is 3. The maximum atomic E-state index is 9.94. The van der Waals surface area contributed by atoms with Crippen LogP contribution in [-0.2, 0) is 18.2 Å². The Labute approximate surface area is 88.2 Å². The first kappa shape index (κ1) is 10.5. The van der Waals surface area contributed by atoms with Crippen LogP contribution in [0.25, 0.3) is 0 Å². The van der Waals surface area contributed by atoms with E-state index in [1.54, 1.807) is 7.05 Å². The fourth-order valence-electron chi connectivity index (χ4n) is 1.83. The zero-order valence-electron chi connectivity index (χ0n) is 8.83. The van der Waals surface area contributed by atoms with E-state index in [2.05, 4.69) is 15.4 Å². The minimum absolute atomic E-state index is 0.211. The maximum Gasteiger partial charge on any atom is 0.177 e. The van der Waals surface area contributed by atoms with E-state index in [-0.39, 0.29) is 5.92 Å². The van der Waals surface area contributed by atoms with Crippen molar-refractivity contribution < 1.29 is 9.84 Å². The monoisotopic (exact) mass is 212 g/mol. The van der Waals surface area contributed by atoms with Crippen molar-refractivity contribution in [1.29, 1.82) is 0 Å². The quantitative estimate of drug-likeness (QED) is 0.734. The molecule has 2 atom stereocenters. The first-order valence-corrected chi connectivity index (χ1v) is 5.24. The zero-order chi connectivity index (χ0) is 10.7. The molecule has 1 N–H and O–H groups in total. The van der Waals surface area contributed by atoms with Crippen LogP contribution in [0.2, 0.25) is 0 Å². The molecule has 15 heavy (non-hydrogen) atoms. The van der Waals surface area contributed by atoms with Crippen LogP contribution in [0.3, 0.4) is 0 Å². The number of hydrogen-bond acceptors (Lipinski definition) is 5. The van der Waals surface area contributed by atoms with E-state index < -0.39 is 6.10 Å². The molecule has 84 valence electrons. The Balaban J connectivity index is 1.88. The molecular formula is C9H16N4O2. The highest BCUT2D eigenvalue weighted by Crippen LogP contribution is 2.19. The molecule has 2 unspecified atom stereocenters. The van der Waals surface area contributed by atoms with E-state index in [1.807, 2.05) is 0 Å². The summed E-state index contributed by atoms with van der Waals surface area (Å²) in [4.78, 5) is 1.40. The topological polar surface area (TPSA) is 73.1 Å². The van der Waals surface area contributed by atoms with Gasteiger partial charge in [-0.2, -0.15) is 4.80 Å². The van der Waals surface area contributed by atoms with Gasteiger partial charge in [-0.05, 0) is 18.1 Å². The van der Waals surface area contributed by atoms with Crippen LogP contribution in [-0.4, -0.2) is 44.6 Å². The number of nitrogens with zero attached hydrogens (tertiary/aromatic N) is 4. The second kappa shape index (κ2) is 4.67. The largest absolute Gasteiger partial charge is 0.392 e. The summed E-state index contributed by atoms with van der Waals surface area (Å²) in [5.41, 5.74) is 0. The number of hydrogen-bond donors (Lipinski definition) is 1. The molecule has 0 spiro atoms. The Kier molecular flexibility index (Phi) is 3.27. The minimum atomic E-state index is -0.422. The summed E-state index contributed by atoms with van der Waals surface area (Å²) in [5.74, 6) is 0.804. The molecule has 2 rings (SSSR count). The summed E-state index contributed by atoms with van der Waals surface area (Å²) < 4.78 is 5.32. The molecule has 6 heteroatoms. The van der Waals surface area contributed by atoms with E-state index in [0.29, 0.717) is 18.9 Å². The van der Waals surface area contributed by atoms with Crippen molar-refractivity contribution in [3.8, 4) is 0 Å². The van der Waals surface area contributed by atoms with E-state index in [4.69, 9.17) is 4.74 Å². The third kappa shape index (κ3) is 2.73. The Bertz CT molecular complexity index is 309. The average molecular weight is 212 g/mol. The van der Waals surface area contributed by atoms with E-state index in [1.165, 1.54) is 4.80 Å². The first-order valence-electron chi connectivity index (χ1n) is 5.24. The molecule has 0 aliphatic carbocycles. The minimum Gasteiger partial charge on any atom is -0.392 e. The lowest BCUT2D eigenvalue weighted by Crippen LogP contribution is -2.30. The van der Waals surface area contributed by atoms with Crippen molar-refractivity contribution in [3.63, 3.8) is 0 Å². The van der Waals surface area contributed by atoms with E-state index >= 15 is 0 Å². The molecule has 0 bridgehead atoms. The van der Waals surface area contributed by atoms with Gasteiger partial charge < -0.3 is 9.84 Å². The van der Waals surface area contributed by atoms with Gasteiger partial charge in [0, 0.05) is 18.9 Å². The van der Waals surface area contributed by atoms with E-state index in [9.17, 15) is 5.11 Å². The second-order valence-electron chi connectivity index (χ2n) is 3.94. The molecule has 1 aliphatic heterocycles. The van der Waals surface area contributed by atoms with Crippen molar-refractivity contribution in [1.82, 2.24) is 20.2 Å². The molecular weight excluding hydrogens is 196 g/mol. The molecule has 6 nitrogen and oxygen atoms in total. The lowest BCUT2D eigenvalue weighted by molar-refractivity contribution is -0.00915. The molecule has 2 heterocycles. The van der Waals surface area contributed by atoms with Gasteiger partial charge in [-0.3, -0.25) is 0 Å². The summed E-state index contributed by atoms with van der Waals surface area (Å²) in [7, 11) is 1.71. The van der Waals surface area contributed by atoms with Crippen molar-refractivity contribution in [3.05, 3.63) is 5.82 Å². The molecule has 1 saturated heterocycles. The average Bonchev–Trinajstić information content (AvgIpc) is 2.65. The van der Waals surface area contributed by atoms with Gasteiger partial charge in [-0.1, -0.05) is 0 Å². The van der Waals surface area contributed by atoms with E-state index in [0.717, 1.165) is 19.4 Å². The van der Waals surface area contributed by atoms with Crippen LogP contribution >= 0.6 is 0 Å². The van der Waals surface area contributed by atoms with Gasteiger partial charge >= 0.3 is 0 Å². The number of aryl methyl sites for hydroxylation is 1. The smallest absolute Gasteiger partial charge is 0.177 e. The van der Waals surface area contributed by atoms with Crippen molar-refractivity contribution in [2.75, 3.05) is 13.2 Å². The van der Waals surface area contributed by atoms with Gasteiger partial charge in [-0.15, -0.1) is 10.2 Å². The lowest BCUT2D eigenvalue weighted by atomic mass is 9.94. The van der Waals surface area contributed by atoms with Gasteiger partial charge in [-0.25, -0.2) is 0 Å². The van der Waals surface area contributed by atoms with Gasteiger partial charge in [0.25, 0.3) is 0 Å². The number of aliphatic hydroxyl groups is 1. The van der Waals surface area contributed by atoms with Gasteiger partial charge in [0.15, 0.2) is 5.82 Å². The number of aliphatic hydroxyl groups excluding tert-OH is 1. The fraction of sp³-hybridized carbons (Fsp3) is 0.889. The van der Waals surface area contributed by atoms with Crippen LogP contribution in [0.1, 0.15) is 18.7 Å². The Morgan fingerprint density at radius 2 is 2.53 bits per heavy atom. The number of ether oxygens (including phenoxy) is 1. The highest BCUT2D eigenvalue weighted by Gasteiger charge is 2.23. The normalized spacial score (nSPS) is 24.0. The Morgan fingerprint density at radius 1 is 1.67 bits per heavy atom. The maximum absolute atomic E-state index is 9.94. The molecule has 1 fully saturated rings. The number of tetrazole rings is 1. The van der Waals surface area contributed by atoms with Crippen molar-refractivity contribution in [2.24, 2.45) is 13.0 Å². The first-order chi connectivity index (χ1) is 7.25. The van der Waals surface area contributed by atoms with Crippen LogP contribution in [0.5, 0.6) is 0 Å². The summed E-state index contributed by atoms with van der Waals surface area (Å²) in [5, 5.41) is 21.6. The molecule has 0 saturated carbocycles. The van der Waals surface area contributed by atoms with Crippen LogP contribution in [0.4, 0.5) is 0 Å². The molecule has 1 aliphatic rings. The highest BCUT2D eigenvalue weighted by atomic mass is 16.5. The molecule has 0 aromatic carbocycles. The summed E-state index contributed by atoms with van der Waals surface area (Å²) in [6.45, 7) is 1.45. The van der Waals surface area contributed by atoms with Crippen LogP contribution in [0, 0.1) is 5.92 Å². The predicted octanol–water partition coefficient (Wildman–Crippen LogP) is -0.460. The third-order valence-electron chi connectivity index (χ3n) is 2.68. The highest BCUT2D eigenvalue weighted by molar-refractivity contribution is 4.84. The van der Waals surface area contributed by atoms with Crippen LogP contribution < -0.4 is 0 Å². The molecule has 0 radical (unpaired) electrons. The summed E-state index contributed by atoms with van der Waals surface area (Å²) in [6.07, 6.45) is 2.08. The summed E-state index contributed by atoms with van der Waals surface area (Å²) in [6, 6.07) is 0. The van der Waals surface area contributed by atoms with Gasteiger partial charge in [0.1, 0.15) is 0 Å². The lowest BCUT2D eigenvalue weighted by Gasteiger charge is -2.25. The standard InChI is InChI=1S/C9H16N4O2/c1-13-11-9(10-12-13)5-8(14)7-3-2-4-15-6-7/h7-8,14H,2-6H2,1H3. The Hall–Kier alpha value is -1.01.